The van der Waals surface area contributed by atoms with E-state index in [4.69, 9.17) is 0 Å². The Morgan fingerprint density at radius 3 is 2.71 bits per heavy atom. The van der Waals surface area contributed by atoms with E-state index < -0.39 is 6.04 Å². The SMILES string of the molecule is O=C(N[C@@H]1C=C[C@H](CO)C1)C(c1ccccc1)N1CCCCC1=O. The summed E-state index contributed by atoms with van der Waals surface area (Å²) in [5, 5.41) is 12.3. The Hall–Kier alpha value is -2.14. The van der Waals surface area contributed by atoms with Gasteiger partial charge in [-0.25, -0.2) is 0 Å². The molecule has 1 unspecified atom stereocenters. The summed E-state index contributed by atoms with van der Waals surface area (Å²) in [7, 11) is 0. The lowest BCUT2D eigenvalue weighted by Crippen LogP contribution is -2.47. The fourth-order valence-electron chi connectivity index (χ4n) is 3.49. The molecule has 1 aliphatic carbocycles. The fraction of sp³-hybridized carbons (Fsp3) is 0.474. The van der Waals surface area contributed by atoms with Gasteiger partial charge in [-0.3, -0.25) is 9.59 Å². The first-order valence-corrected chi connectivity index (χ1v) is 8.63. The second-order valence-corrected chi connectivity index (χ2v) is 6.54. The van der Waals surface area contributed by atoms with Crippen LogP contribution in [0.25, 0.3) is 0 Å². The summed E-state index contributed by atoms with van der Waals surface area (Å²) in [6.45, 7) is 0.710. The molecule has 0 radical (unpaired) electrons. The molecule has 1 aromatic carbocycles. The number of nitrogens with zero attached hydrogens (tertiary/aromatic N) is 1. The van der Waals surface area contributed by atoms with Crippen molar-refractivity contribution < 1.29 is 14.7 Å². The van der Waals surface area contributed by atoms with Gasteiger partial charge in [-0.05, 0) is 24.8 Å². The molecule has 2 aliphatic rings. The molecule has 1 aliphatic heterocycles. The predicted molar refractivity (Wildman–Crippen MR) is 91.0 cm³/mol. The summed E-state index contributed by atoms with van der Waals surface area (Å²) in [4.78, 5) is 27.0. The van der Waals surface area contributed by atoms with E-state index in [1.54, 1.807) is 4.90 Å². The molecule has 0 bridgehead atoms. The van der Waals surface area contributed by atoms with Gasteiger partial charge in [0.15, 0.2) is 0 Å². The maximum atomic E-state index is 12.9. The molecule has 0 saturated carbocycles. The summed E-state index contributed by atoms with van der Waals surface area (Å²) in [5.41, 5.74) is 0.839. The molecular weight excluding hydrogens is 304 g/mol. The standard InChI is InChI=1S/C19H24N2O3/c22-13-14-9-10-16(12-14)20-19(24)18(15-6-2-1-3-7-15)21-11-5-4-8-17(21)23/h1-3,6-7,9-10,14,16,18,22H,4-5,8,11-13H2,(H,20,24)/t14-,16+,18?/m0/s1. The van der Waals surface area contributed by atoms with Crippen LogP contribution in [-0.4, -0.2) is 41.0 Å². The van der Waals surface area contributed by atoms with Crippen molar-refractivity contribution in [3.8, 4) is 0 Å². The van der Waals surface area contributed by atoms with Crippen LogP contribution in [0.1, 0.15) is 37.3 Å². The molecule has 3 rings (SSSR count). The van der Waals surface area contributed by atoms with Crippen molar-refractivity contribution in [2.45, 2.75) is 37.8 Å². The van der Waals surface area contributed by atoms with Crippen molar-refractivity contribution in [2.24, 2.45) is 5.92 Å². The molecule has 2 amide bonds. The predicted octanol–water partition coefficient (Wildman–Crippen LogP) is 1.79. The molecule has 0 aromatic heterocycles. The fourth-order valence-corrected chi connectivity index (χ4v) is 3.49. The van der Waals surface area contributed by atoms with Crippen molar-refractivity contribution in [1.82, 2.24) is 10.2 Å². The van der Waals surface area contributed by atoms with Crippen molar-refractivity contribution in [3.05, 3.63) is 48.0 Å². The maximum absolute atomic E-state index is 12.9. The molecule has 1 heterocycles. The topological polar surface area (TPSA) is 69.6 Å². The number of piperidine rings is 1. The lowest BCUT2D eigenvalue weighted by Gasteiger charge is -2.34. The Morgan fingerprint density at radius 2 is 2.04 bits per heavy atom. The van der Waals surface area contributed by atoms with Gasteiger partial charge in [0.25, 0.3) is 0 Å². The highest BCUT2D eigenvalue weighted by Crippen LogP contribution is 2.27. The van der Waals surface area contributed by atoms with Crippen molar-refractivity contribution in [2.75, 3.05) is 13.2 Å². The number of hydrogen-bond donors (Lipinski definition) is 2. The number of benzene rings is 1. The molecule has 5 heteroatoms. The zero-order chi connectivity index (χ0) is 16.9. The zero-order valence-electron chi connectivity index (χ0n) is 13.7. The van der Waals surface area contributed by atoms with E-state index in [0.29, 0.717) is 19.4 Å². The van der Waals surface area contributed by atoms with E-state index in [0.717, 1.165) is 18.4 Å². The smallest absolute Gasteiger partial charge is 0.247 e. The molecule has 1 fully saturated rings. The number of rotatable bonds is 5. The van der Waals surface area contributed by atoms with Crippen LogP contribution in [-0.2, 0) is 9.59 Å². The lowest BCUT2D eigenvalue weighted by atomic mass is 10.00. The van der Waals surface area contributed by atoms with Crippen LogP contribution < -0.4 is 5.32 Å². The monoisotopic (exact) mass is 328 g/mol. The number of amides is 2. The average molecular weight is 328 g/mol. The molecule has 0 spiro atoms. The van der Waals surface area contributed by atoms with Gasteiger partial charge in [-0.15, -0.1) is 0 Å². The quantitative estimate of drug-likeness (QED) is 0.810. The van der Waals surface area contributed by atoms with E-state index in [-0.39, 0.29) is 30.4 Å². The van der Waals surface area contributed by atoms with Gasteiger partial charge in [0.05, 0.1) is 0 Å². The van der Waals surface area contributed by atoms with Crippen LogP contribution in [0.4, 0.5) is 0 Å². The molecule has 1 saturated heterocycles. The van der Waals surface area contributed by atoms with Gasteiger partial charge >= 0.3 is 0 Å². The highest BCUT2D eigenvalue weighted by atomic mass is 16.3. The van der Waals surface area contributed by atoms with Gasteiger partial charge in [-0.2, -0.15) is 0 Å². The van der Waals surface area contributed by atoms with Gasteiger partial charge in [0.1, 0.15) is 6.04 Å². The second-order valence-electron chi connectivity index (χ2n) is 6.54. The van der Waals surface area contributed by atoms with Gasteiger partial charge in [0, 0.05) is 31.5 Å². The van der Waals surface area contributed by atoms with E-state index in [2.05, 4.69) is 5.32 Å². The molecule has 1 aromatic rings. The number of aliphatic hydroxyl groups is 1. The maximum Gasteiger partial charge on any atom is 0.247 e. The number of aliphatic hydroxyl groups excluding tert-OH is 1. The van der Waals surface area contributed by atoms with E-state index in [1.165, 1.54) is 0 Å². The normalized spacial score (nSPS) is 24.9. The second kappa shape index (κ2) is 7.62. The number of carbonyl (C=O) groups excluding carboxylic acids is 2. The third-order valence-electron chi connectivity index (χ3n) is 4.77. The van der Waals surface area contributed by atoms with E-state index in [1.807, 2.05) is 42.5 Å². The molecule has 2 N–H and O–H groups in total. The van der Waals surface area contributed by atoms with Gasteiger partial charge in [-0.1, -0.05) is 42.5 Å². The summed E-state index contributed by atoms with van der Waals surface area (Å²) in [6.07, 6.45) is 6.90. The van der Waals surface area contributed by atoms with Gasteiger partial charge < -0.3 is 15.3 Å². The van der Waals surface area contributed by atoms with Crippen molar-refractivity contribution >= 4 is 11.8 Å². The largest absolute Gasteiger partial charge is 0.396 e. The third kappa shape index (κ3) is 3.67. The molecule has 3 atom stereocenters. The first-order chi connectivity index (χ1) is 11.7. The van der Waals surface area contributed by atoms with Crippen molar-refractivity contribution in [3.63, 3.8) is 0 Å². The highest BCUT2D eigenvalue weighted by molar-refractivity contribution is 5.89. The molecular formula is C19H24N2O3. The van der Waals surface area contributed by atoms with E-state index >= 15 is 0 Å². The van der Waals surface area contributed by atoms with Crippen LogP contribution >= 0.6 is 0 Å². The molecule has 128 valence electrons. The number of hydrogen-bond acceptors (Lipinski definition) is 3. The van der Waals surface area contributed by atoms with Crippen LogP contribution in [0.15, 0.2) is 42.5 Å². The zero-order valence-corrected chi connectivity index (χ0v) is 13.7. The minimum Gasteiger partial charge on any atom is -0.396 e. The van der Waals surface area contributed by atoms with Crippen LogP contribution in [0.2, 0.25) is 0 Å². The summed E-state index contributed by atoms with van der Waals surface area (Å²) in [5.74, 6) is -0.00719. The Bertz CT molecular complexity index is 614. The minimum absolute atomic E-state index is 0.0421. The Labute approximate surface area is 142 Å². The number of nitrogens with one attached hydrogen (secondary N) is 1. The van der Waals surface area contributed by atoms with Crippen molar-refractivity contribution in [1.29, 1.82) is 0 Å². The Balaban J connectivity index is 1.78. The minimum atomic E-state index is -0.583. The number of likely N-dealkylation sites (tertiary alicyclic amines) is 1. The Morgan fingerprint density at radius 1 is 1.25 bits per heavy atom. The first kappa shape index (κ1) is 16.7. The Kier molecular flexibility index (Phi) is 5.30. The summed E-state index contributed by atoms with van der Waals surface area (Å²) in [6, 6.07) is 8.81. The summed E-state index contributed by atoms with van der Waals surface area (Å²) >= 11 is 0. The average Bonchev–Trinajstić information content (AvgIpc) is 3.05. The lowest BCUT2D eigenvalue weighted by molar-refractivity contribution is -0.143. The van der Waals surface area contributed by atoms with Gasteiger partial charge in [0.2, 0.25) is 11.8 Å². The summed E-state index contributed by atoms with van der Waals surface area (Å²) < 4.78 is 0. The van der Waals surface area contributed by atoms with E-state index in [9.17, 15) is 14.7 Å². The first-order valence-electron chi connectivity index (χ1n) is 8.63. The third-order valence-corrected chi connectivity index (χ3v) is 4.77. The molecule has 24 heavy (non-hydrogen) atoms. The van der Waals surface area contributed by atoms with Crippen LogP contribution in [0, 0.1) is 5.92 Å². The highest BCUT2D eigenvalue weighted by Gasteiger charge is 2.34. The van der Waals surface area contributed by atoms with Crippen LogP contribution in [0.5, 0.6) is 0 Å². The van der Waals surface area contributed by atoms with Crippen LogP contribution in [0.3, 0.4) is 0 Å². The number of carbonyl (C=O) groups is 2. The molecule has 5 nitrogen and oxygen atoms in total.